The summed E-state index contributed by atoms with van der Waals surface area (Å²) in [5.41, 5.74) is 5.74. The maximum atomic E-state index is 5.74. The van der Waals surface area contributed by atoms with Crippen LogP contribution < -0.4 is 5.73 Å². The van der Waals surface area contributed by atoms with Crippen molar-refractivity contribution >= 4 is 25.8 Å². The van der Waals surface area contributed by atoms with E-state index in [0.29, 0.717) is 6.04 Å². The van der Waals surface area contributed by atoms with Gasteiger partial charge in [0.1, 0.15) is 0 Å². The summed E-state index contributed by atoms with van der Waals surface area (Å²) in [5, 5.41) is 0. The van der Waals surface area contributed by atoms with Gasteiger partial charge in [0.25, 0.3) is 0 Å². The molecule has 9 heavy (non-hydrogen) atoms. The van der Waals surface area contributed by atoms with Crippen molar-refractivity contribution in [2.75, 3.05) is 17.2 Å². The average Bonchev–Trinajstić information content (AvgIpc) is 1.90. The van der Waals surface area contributed by atoms with Gasteiger partial charge in [0.15, 0.2) is 0 Å². The van der Waals surface area contributed by atoms with Gasteiger partial charge in [0.2, 0.25) is 0 Å². The standard InChI is InChI=1S/C6H13N2.Tl/c1-8-4-2-6(7)3-5-8;/h6H,1-5,7H2;. The Bertz CT molecular complexity index is 79.1. The Morgan fingerprint density at radius 1 is 1.44 bits per heavy atom. The van der Waals surface area contributed by atoms with Crippen LogP contribution >= 0.6 is 0 Å². The molecule has 0 radical (unpaired) electrons. The number of likely N-dealkylation sites (tertiary alicyclic amines) is 1. The van der Waals surface area contributed by atoms with Crippen molar-refractivity contribution in [2.24, 2.45) is 5.73 Å². The molecule has 0 aromatic heterocycles. The normalized spacial score (nSPS) is 24.4. The Morgan fingerprint density at radius 2 is 2.00 bits per heavy atom. The van der Waals surface area contributed by atoms with E-state index in [-0.39, 0.29) is 0 Å². The number of nitrogens with zero attached hydrogens (tertiary/aromatic N) is 1. The van der Waals surface area contributed by atoms with Crippen molar-refractivity contribution in [1.29, 1.82) is 0 Å². The second-order valence-electron chi connectivity index (χ2n) is 2.64. The summed E-state index contributed by atoms with van der Waals surface area (Å²) in [5.74, 6) is 0. The number of nitrogens with two attached hydrogens (primary N) is 1. The predicted molar refractivity (Wildman–Crippen MR) is 39.4 cm³/mol. The van der Waals surface area contributed by atoms with Crippen molar-refractivity contribution in [2.45, 2.75) is 18.9 Å². The van der Waals surface area contributed by atoms with E-state index in [1.807, 2.05) is 0 Å². The molecule has 0 bridgehead atoms. The fraction of sp³-hybridized carbons (Fsp3) is 1.00. The molecule has 1 saturated heterocycles. The van der Waals surface area contributed by atoms with Gasteiger partial charge in [0, 0.05) is 0 Å². The molecule has 1 aliphatic rings. The van der Waals surface area contributed by atoms with E-state index in [2.05, 4.69) is 4.90 Å². The molecule has 1 aliphatic heterocycles. The molecule has 3 heteroatoms. The zero-order valence-corrected chi connectivity index (χ0v) is 10.2. The molecule has 0 atom stereocenters. The predicted octanol–water partition coefficient (Wildman–Crippen LogP) is -0.465. The molecule has 0 amide bonds. The molecule has 0 unspecified atom stereocenters. The quantitative estimate of drug-likeness (QED) is 0.663. The first kappa shape index (κ1) is 7.94. The fourth-order valence-electron chi connectivity index (χ4n) is 1.14. The Labute approximate surface area is 72.5 Å². The van der Waals surface area contributed by atoms with Crippen molar-refractivity contribution in [3.63, 3.8) is 0 Å². The zero-order valence-electron chi connectivity index (χ0n) is 5.71. The molecule has 0 aromatic carbocycles. The van der Waals surface area contributed by atoms with Crippen molar-refractivity contribution < 1.29 is 0 Å². The third kappa shape index (κ3) is 2.51. The van der Waals surface area contributed by atoms with Crippen molar-refractivity contribution in [3.05, 3.63) is 0 Å². The van der Waals surface area contributed by atoms with Crippen LogP contribution in [0.4, 0.5) is 0 Å². The van der Waals surface area contributed by atoms with Crippen LogP contribution in [0.15, 0.2) is 0 Å². The van der Waals surface area contributed by atoms with Gasteiger partial charge < -0.3 is 0 Å². The van der Waals surface area contributed by atoms with Crippen molar-refractivity contribution in [1.82, 2.24) is 4.90 Å². The van der Waals surface area contributed by atoms with Gasteiger partial charge in [-0.15, -0.1) is 0 Å². The third-order valence-electron chi connectivity index (χ3n) is 1.89. The van der Waals surface area contributed by atoms with E-state index in [4.69, 9.17) is 5.73 Å². The maximum absolute atomic E-state index is 5.74. The van der Waals surface area contributed by atoms with Crippen LogP contribution in [0.2, 0.25) is 0 Å². The van der Waals surface area contributed by atoms with Gasteiger partial charge in [-0.25, -0.2) is 0 Å². The molecule has 0 aromatic rings. The summed E-state index contributed by atoms with van der Waals surface area (Å²) in [6.07, 6.45) is 2.43. The average molecular weight is 318 g/mol. The summed E-state index contributed by atoms with van der Waals surface area (Å²) < 4.78 is 1.35. The summed E-state index contributed by atoms with van der Waals surface area (Å²) in [6.45, 7) is 2.50. The van der Waals surface area contributed by atoms with E-state index >= 15 is 0 Å². The van der Waals surface area contributed by atoms with E-state index in [0.717, 1.165) is 25.8 Å². The van der Waals surface area contributed by atoms with Gasteiger partial charge >= 0.3 is 72.5 Å². The van der Waals surface area contributed by atoms with E-state index < -0.39 is 0 Å². The number of rotatable bonds is 1. The molecule has 2 nitrogen and oxygen atoms in total. The molecule has 1 fully saturated rings. The van der Waals surface area contributed by atoms with Gasteiger partial charge in [-0.3, -0.25) is 0 Å². The Hall–Kier alpha value is 0.842. The molecule has 0 aliphatic carbocycles. The van der Waals surface area contributed by atoms with E-state index in [1.165, 1.54) is 30.0 Å². The summed E-state index contributed by atoms with van der Waals surface area (Å²) in [4.78, 5) is 2.52. The van der Waals surface area contributed by atoms with Crippen LogP contribution in [-0.2, 0) is 0 Å². The van der Waals surface area contributed by atoms with Crippen LogP contribution in [0.25, 0.3) is 0 Å². The topological polar surface area (TPSA) is 29.3 Å². The fourth-order valence-corrected chi connectivity index (χ4v) is 2.56. The Balaban J connectivity index is 2.18. The van der Waals surface area contributed by atoms with Crippen LogP contribution in [0.5, 0.6) is 0 Å². The second-order valence-corrected chi connectivity index (χ2v) is 4.06. The molecule has 50 valence electrons. The zero-order chi connectivity index (χ0) is 6.69. The molecule has 0 spiro atoms. The van der Waals surface area contributed by atoms with E-state index in [1.54, 1.807) is 0 Å². The third-order valence-corrected chi connectivity index (χ3v) is 3.90. The monoisotopic (exact) mass is 318 g/mol. The van der Waals surface area contributed by atoms with Gasteiger partial charge in [-0.1, -0.05) is 0 Å². The number of piperidine rings is 1. The van der Waals surface area contributed by atoms with Crippen LogP contribution in [0.3, 0.4) is 0 Å². The molecule has 1 heterocycles. The minimum atomic E-state index is 0.498. The van der Waals surface area contributed by atoms with E-state index in [9.17, 15) is 0 Å². The van der Waals surface area contributed by atoms with Crippen LogP contribution in [0, 0.1) is 0 Å². The molecular formula is C6H13N2Tl. The van der Waals surface area contributed by atoms with Gasteiger partial charge in [0.05, 0.1) is 0 Å². The first-order valence-electron chi connectivity index (χ1n) is 3.51. The SMILES string of the molecule is NC1CCN([CH2][Tl])CC1. The summed E-state index contributed by atoms with van der Waals surface area (Å²) in [7, 11) is 0. The molecule has 1 rings (SSSR count). The summed E-state index contributed by atoms with van der Waals surface area (Å²) in [6, 6.07) is 0.498. The van der Waals surface area contributed by atoms with Crippen LogP contribution in [0.1, 0.15) is 12.8 Å². The Kier molecular flexibility index (Phi) is 3.42. The first-order chi connectivity index (χ1) is 4.33. The van der Waals surface area contributed by atoms with Crippen LogP contribution in [-0.4, -0.2) is 53.9 Å². The number of hydrogen-bond donors (Lipinski definition) is 1. The second kappa shape index (κ2) is 3.88. The first-order valence-corrected chi connectivity index (χ1v) is 6.68. The van der Waals surface area contributed by atoms with Gasteiger partial charge in [-0.05, 0) is 0 Å². The van der Waals surface area contributed by atoms with Gasteiger partial charge in [-0.2, -0.15) is 0 Å². The molecule has 2 N–H and O–H groups in total. The minimum absolute atomic E-state index is 0.498. The Morgan fingerprint density at radius 3 is 2.44 bits per heavy atom. The molecular weight excluding hydrogens is 304 g/mol. The molecule has 0 saturated carbocycles. The number of hydrogen-bond acceptors (Lipinski definition) is 2. The summed E-state index contributed by atoms with van der Waals surface area (Å²) >= 11 is 1.13. The van der Waals surface area contributed by atoms with Crippen molar-refractivity contribution in [3.8, 4) is 0 Å².